The van der Waals surface area contributed by atoms with Crippen molar-refractivity contribution in [1.82, 2.24) is 9.97 Å². The van der Waals surface area contributed by atoms with Crippen LogP contribution in [0.4, 0.5) is 10.2 Å². The fraction of sp³-hybridized carbons (Fsp3) is 0.167. The van der Waals surface area contributed by atoms with Crippen molar-refractivity contribution in [3.8, 4) is 17.1 Å². The number of nitrogens with two attached hydrogens (primary N) is 1. The van der Waals surface area contributed by atoms with E-state index in [0.29, 0.717) is 17.2 Å². The quantitative estimate of drug-likeness (QED) is 0.641. The van der Waals surface area contributed by atoms with Crippen molar-refractivity contribution in [2.75, 3.05) is 12.5 Å². The van der Waals surface area contributed by atoms with Crippen molar-refractivity contribution < 1.29 is 9.13 Å². The number of hydrogen-bond donors (Lipinski definition) is 2. The summed E-state index contributed by atoms with van der Waals surface area (Å²) in [6, 6.07) is 6.16. The van der Waals surface area contributed by atoms with Crippen molar-refractivity contribution in [2.24, 2.45) is 5.84 Å². The van der Waals surface area contributed by atoms with Gasteiger partial charge in [-0.1, -0.05) is 0 Å². The summed E-state index contributed by atoms with van der Waals surface area (Å²) in [5, 5.41) is 0. The van der Waals surface area contributed by atoms with Crippen molar-refractivity contribution in [3.05, 3.63) is 35.8 Å². The summed E-state index contributed by atoms with van der Waals surface area (Å²) in [5.41, 5.74) is 3.88. The van der Waals surface area contributed by atoms with Gasteiger partial charge in [0, 0.05) is 17.3 Å². The largest absolute Gasteiger partial charge is 0.494 e. The number of halogens is 1. The summed E-state index contributed by atoms with van der Waals surface area (Å²) >= 11 is 0. The number of nitrogens with one attached hydrogen (secondary N) is 1. The number of nitrogens with zero attached hydrogens (tertiary/aromatic N) is 2. The van der Waals surface area contributed by atoms with E-state index in [9.17, 15) is 4.39 Å². The molecule has 0 unspecified atom stereocenters. The Morgan fingerprint density at radius 1 is 1.28 bits per heavy atom. The van der Waals surface area contributed by atoms with Gasteiger partial charge in [-0.15, -0.1) is 0 Å². The smallest absolute Gasteiger partial charge is 0.165 e. The fourth-order valence-electron chi connectivity index (χ4n) is 1.57. The standard InChI is InChI=1S/C12H13FN4O/c1-7-5-11(17-14)16-12(15-7)8-3-4-9(13)10(6-8)18-2/h3-6H,14H2,1-2H3,(H,15,16,17). The zero-order valence-electron chi connectivity index (χ0n) is 10.1. The lowest BCUT2D eigenvalue weighted by molar-refractivity contribution is 0.387. The molecule has 2 rings (SSSR count). The summed E-state index contributed by atoms with van der Waals surface area (Å²) in [6.07, 6.45) is 0. The van der Waals surface area contributed by atoms with E-state index in [1.165, 1.54) is 13.2 Å². The molecular weight excluding hydrogens is 235 g/mol. The van der Waals surface area contributed by atoms with Gasteiger partial charge in [0.05, 0.1) is 7.11 Å². The van der Waals surface area contributed by atoms with E-state index in [-0.39, 0.29) is 5.75 Å². The molecule has 0 aliphatic carbocycles. The number of nitrogen functional groups attached to an aromatic ring is 1. The second-order valence-corrected chi connectivity index (χ2v) is 3.71. The van der Waals surface area contributed by atoms with Gasteiger partial charge in [0.15, 0.2) is 17.4 Å². The number of aromatic nitrogens is 2. The van der Waals surface area contributed by atoms with E-state index < -0.39 is 5.82 Å². The molecule has 0 atom stereocenters. The van der Waals surface area contributed by atoms with E-state index in [2.05, 4.69) is 15.4 Å². The minimum absolute atomic E-state index is 0.153. The van der Waals surface area contributed by atoms with Gasteiger partial charge in [-0.05, 0) is 25.1 Å². The predicted molar refractivity (Wildman–Crippen MR) is 66.5 cm³/mol. The number of rotatable bonds is 3. The average Bonchev–Trinajstić information content (AvgIpc) is 2.38. The van der Waals surface area contributed by atoms with Crippen molar-refractivity contribution in [1.29, 1.82) is 0 Å². The second-order valence-electron chi connectivity index (χ2n) is 3.71. The van der Waals surface area contributed by atoms with E-state index in [1.807, 2.05) is 6.92 Å². The van der Waals surface area contributed by atoms with Crippen LogP contribution in [0.3, 0.4) is 0 Å². The maximum absolute atomic E-state index is 13.3. The number of hydrogen-bond acceptors (Lipinski definition) is 5. The van der Waals surface area contributed by atoms with Gasteiger partial charge in [0.2, 0.25) is 0 Å². The summed E-state index contributed by atoms with van der Waals surface area (Å²) in [5.74, 6) is 6.01. The second kappa shape index (κ2) is 4.97. The zero-order valence-corrected chi connectivity index (χ0v) is 10.1. The minimum Gasteiger partial charge on any atom is -0.494 e. The Balaban J connectivity index is 2.51. The van der Waals surface area contributed by atoms with Crippen LogP contribution in [0.25, 0.3) is 11.4 Å². The molecule has 1 heterocycles. The van der Waals surface area contributed by atoms with Gasteiger partial charge >= 0.3 is 0 Å². The summed E-state index contributed by atoms with van der Waals surface area (Å²) in [6.45, 7) is 1.83. The van der Waals surface area contributed by atoms with Crippen molar-refractivity contribution in [2.45, 2.75) is 6.92 Å². The summed E-state index contributed by atoms with van der Waals surface area (Å²) < 4.78 is 18.2. The Labute approximate surface area is 104 Å². The van der Waals surface area contributed by atoms with E-state index in [0.717, 1.165) is 5.69 Å². The van der Waals surface area contributed by atoms with Gasteiger partial charge in [-0.25, -0.2) is 20.2 Å². The Morgan fingerprint density at radius 2 is 2.06 bits per heavy atom. The first-order valence-corrected chi connectivity index (χ1v) is 5.30. The topological polar surface area (TPSA) is 73.1 Å². The van der Waals surface area contributed by atoms with Crippen LogP contribution in [0.5, 0.6) is 5.75 Å². The van der Waals surface area contributed by atoms with Crippen molar-refractivity contribution >= 4 is 5.82 Å². The van der Waals surface area contributed by atoms with Crippen LogP contribution in [-0.4, -0.2) is 17.1 Å². The lowest BCUT2D eigenvalue weighted by atomic mass is 10.2. The molecule has 0 fully saturated rings. The lowest BCUT2D eigenvalue weighted by Gasteiger charge is -2.07. The molecule has 5 nitrogen and oxygen atoms in total. The molecule has 0 aliphatic rings. The van der Waals surface area contributed by atoms with Crippen LogP contribution < -0.4 is 16.0 Å². The first-order valence-electron chi connectivity index (χ1n) is 5.30. The molecule has 0 aliphatic heterocycles. The highest BCUT2D eigenvalue weighted by atomic mass is 19.1. The van der Waals surface area contributed by atoms with Crippen LogP contribution in [-0.2, 0) is 0 Å². The van der Waals surface area contributed by atoms with E-state index in [1.54, 1.807) is 18.2 Å². The highest BCUT2D eigenvalue weighted by molar-refractivity contribution is 5.59. The third kappa shape index (κ3) is 2.38. The lowest BCUT2D eigenvalue weighted by Crippen LogP contribution is -2.10. The van der Waals surface area contributed by atoms with Gasteiger partial charge in [0.1, 0.15) is 5.82 Å². The number of anilines is 1. The molecule has 0 amide bonds. The number of methoxy groups -OCH3 is 1. The number of ether oxygens (including phenoxy) is 1. The number of hydrazine groups is 1. The van der Waals surface area contributed by atoms with E-state index in [4.69, 9.17) is 10.6 Å². The fourth-order valence-corrected chi connectivity index (χ4v) is 1.57. The van der Waals surface area contributed by atoms with Crippen molar-refractivity contribution in [3.63, 3.8) is 0 Å². The molecule has 0 saturated carbocycles. The molecule has 0 spiro atoms. The number of benzene rings is 1. The molecule has 94 valence electrons. The van der Waals surface area contributed by atoms with Gasteiger partial charge < -0.3 is 10.2 Å². The Kier molecular flexibility index (Phi) is 3.38. The molecular formula is C12H13FN4O. The maximum Gasteiger partial charge on any atom is 0.165 e. The summed E-state index contributed by atoms with van der Waals surface area (Å²) in [7, 11) is 1.41. The Hall–Kier alpha value is -2.21. The predicted octanol–water partition coefficient (Wildman–Crippen LogP) is 1.89. The van der Waals surface area contributed by atoms with Gasteiger partial charge in [-0.3, -0.25) is 0 Å². The Bertz CT molecular complexity index is 574. The Morgan fingerprint density at radius 3 is 2.72 bits per heavy atom. The van der Waals surface area contributed by atoms with Crippen LogP contribution in [0.2, 0.25) is 0 Å². The molecule has 18 heavy (non-hydrogen) atoms. The molecule has 0 radical (unpaired) electrons. The monoisotopic (exact) mass is 248 g/mol. The highest BCUT2D eigenvalue weighted by Crippen LogP contribution is 2.24. The van der Waals surface area contributed by atoms with Gasteiger partial charge in [0.25, 0.3) is 0 Å². The summed E-state index contributed by atoms with van der Waals surface area (Å²) in [4.78, 5) is 8.47. The maximum atomic E-state index is 13.3. The first-order chi connectivity index (χ1) is 8.63. The first kappa shape index (κ1) is 12.3. The zero-order chi connectivity index (χ0) is 13.1. The molecule has 2 aromatic rings. The average molecular weight is 248 g/mol. The molecule has 0 saturated heterocycles. The van der Waals surface area contributed by atoms with E-state index >= 15 is 0 Å². The normalized spacial score (nSPS) is 10.2. The third-order valence-electron chi connectivity index (χ3n) is 2.41. The molecule has 1 aromatic carbocycles. The SMILES string of the molecule is COc1cc(-c2nc(C)cc(NN)n2)ccc1F. The third-order valence-corrected chi connectivity index (χ3v) is 2.41. The molecule has 0 bridgehead atoms. The minimum atomic E-state index is -0.425. The molecule has 3 N–H and O–H groups in total. The highest BCUT2D eigenvalue weighted by Gasteiger charge is 2.08. The van der Waals surface area contributed by atoms with Crippen LogP contribution in [0, 0.1) is 12.7 Å². The molecule has 6 heteroatoms. The van der Waals surface area contributed by atoms with Crippen LogP contribution >= 0.6 is 0 Å². The van der Waals surface area contributed by atoms with Crippen LogP contribution in [0.15, 0.2) is 24.3 Å². The molecule has 1 aromatic heterocycles. The number of aryl methyl sites for hydroxylation is 1. The van der Waals surface area contributed by atoms with Gasteiger partial charge in [-0.2, -0.15) is 0 Å². The van der Waals surface area contributed by atoms with Crippen LogP contribution in [0.1, 0.15) is 5.69 Å².